The maximum absolute atomic E-state index is 6.21. The Labute approximate surface area is 246 Å². The lowest BCUT2D eigenvalue weighted by Crippen LogP contribution is -2.01. The zero-order chi connectivity index (χ0) is 28.3. The summed E-state index contributed by atoms with van der Waals surface area (Å²) in [5.74, 6) is 1.86. The maximum atomic E-state index is 6.21. The monoisotopic (exact) mass is 550 g/mol. The summed E-state index contributed by atoms with van der Waals surface area (Å²) in [6.07, 6.45) is 3.77. The van der Waals surface area contributed by atoms with E-state index in [4.69, 9.17) is 19.4 Å². The Balaban J connectivity index is 1.38. The van der Waals surface area contributed by atoms with Crippen LogP contribution < -0.4 is 0 Å². The zero-order valence-corrected chi connectivity index (χ0v) is 22.9. The molecule has 0 saturated carbocycles. The Kier molecular flexibility index (Phi) is 5.13. The number of pyridine rings is 1. The minimum atomic E-state index is 0.606. The van der Waals surface area contributed by atoms with Crippen LogP contribution in [0.2, 0.25) is 0 Å². The topological polar surface area (TPSA) is 64.7 Å². The van der Waals surface area contributed by atoms with Crippen molar-refractivity contribution in [3.8, 4) is 34.2 Å². The molecule has 0 spiro atoms. The van der Waals surface area contributed by atoms with Gasteiger partial charge in [-0.1, -0.05) is 97.1 Å². The molecule has 5 heteroatoms. The third kappa shape index (κ3) is 3.72. The summed E-state index contributed by atoms with van der Waals surface area (Å²) in [5.41, 5.74) is 4.44. The van der Waals surface area contributed by atoms with Crippen molar-refractivity contribution in [3.63, 3.8) is 0 Å². The van der Waals surface area contributed by atoms with E-state index in [1.54, 1.807) is 0 Å². The molecule has 0 fully saturated rings. The Morgan fingerprint density at radius 1 is 0.442 bits per heavy atom. The van der Waals surface area contributed by atoms with E-state index >= 15 is 0 Å². The predicted molar refractivity (Wildman–Crippen MR) is 174 cm³/mol. The highest BCUT2D eigenvalue weighted by Gasteiger charge is 2.19. The van der Waals surface area contributed by atoms with Crippen LogP contribution in [0, 0.1) is 0 Å². The maximum Gasteiger partial charge on any atom is 0.164 e. The fourth-order valence-electron chi connectivity index (χ4n) is 6.25. The number of rotatable bonds is 3. The van der Waals surface area contributed by atoms with E-state index in [9.17, 15) is 0 Å². The van der Waals surface area contributed by atoms with Crippen LogP contribution in [0.5, 0.6) is 0 Å². The number of fused-ring (bicyclic) bond motifs is 8. The van der Waals surface area contributed by atoms with Crippen molar-refractivity contribution in [1.29, 1.82) is 0 Å². The highest BCUT2D eigenvalue weighted by atomic mass is 16.3. The molecule has 0 saturated heterocycles. The second-order valence-electron chi connectivity index (χ2n) is 10.7. The first-order chi connectivity index (χ1) is 21.3. The molecule has 9 aromatic rings. The van der Waals surface area contributed by atoms with Crippen molar-refractivity contribution in [3.05, 3.63) is 134 Å². The molecule has 200 valence electrons. The lowest BCUT2D eigenvalue weighted by atomic mass is 9.93. The van der Waals surface area contributed by atoms with Gasteiger partial charge in [0, 0.05) is 45.2 Å². The van der Waals surface area contributed by atoms with Crippen LogP contribution in [0.1, 0.15) is 0 Å². The van der Waals surface area contributed by atoms with E-state index in [-0.39, 0.29) is 0 Å². The van der Waals surface area contributed by atoms with Crippen LogP contribution in [0.3, 0.4) is 0 Å². The van der Waals surface area contributed by atoms with Crippen LogP contribution in [0.15, 0.2) is 138 Å². The normalized spacial score (nSPS) is 11.7. The molecule has 5 nitrogen and oxygen atoms in total. The van der Waals surface area contributed by atoms with Crippen molar-refractivity contribution >= 4 is 54.3 Å². The van der Waals surface area contributed by atoms with Gasteiger partial charge in [0.05, 0.1) is 0 Å². The minimum Gasteiger partial charge on any atom is -0.456 e. The fraction of sp³-hybridized carbons (Fsp3) is 0. The Bertz CT molecular complexity index is 2520. The molecule has 0 amide bonds. The van der Waals surface area contributed by atoms with E-state index in [1.165, 1.54) is 10.8 Å². The molecule has 3 heterocycles. The Morgan fingerprint density at radius 3 is 2.02 bits per heavy atom. The van der Waals surface area contributed by atoms with E-state index in [0.29, 0.717) is 17.5 Å². The minimum absolute atomic E-state index is 0.606. The third-order valence-corrected chi connectivity index (χ3v) is 8.19. The van der Waals surface area contributed by atoms with Gasteiger partial charge in [-0.3, -0.25) is 4.98 Å². The molecule has 0 N–H and O–H groups in total. The van der Waals surface area contributed by atoms with Gasteiger partial charge in [0.2, 0.25) is 0 Å². The highest BCUT2D eigenvalue weighted by molar-refractivity contribution is 6.23. The SMILES string of the molecule is c1ccc(-c2nc(-c3cc4ccc5cnccc5c4c4ccccc34)nc(-c3cccc4oc5ccccc5c34)n2)cc1. The summed E-state index contributed by atoms with van der Waals surface area (Å²) >= 11 is 0. The van der Waals surface area contributed by atoms with Crippen molar-refractivity contribution in [1.82, 2.24) is 19.9 Å². The molecule has 0 unspecified atom stereocenters. The van der Waals surface area contributed by atoms with Crippen molar-refractivity contribution in [2.45, 2.75) is 0 Å². The first kappa shape index (κ1) is 23.7. The van der Waals surface area contributed by atoms with E-state index < -0.39 is 0 Å². The number of furan rings is 1. The molecule has 9 rings (SSSR count). The van der Waals surface area contributed by atoms with Gasteiger partial charge in [-0.2, -0.15) is 0 Å². The molecule has 6 aromatic carbocycles. The summed E-state index contributed by atoms with van der Waals surface area (Å²) in [6, 6.07) is 41.3. The largest absolute Gasteiger partial charge is 0.456 e. The second kappa shape index (κ2) is 9.29. The van der Waals surface area contributed by atoms with Crippen LogP contribution >= 0.6 is 0 Å². The summed E-state index contributed by atoms with van der Waals surface area (Å²) < 4.78 is 6.21. The van der Waals surface area contributed by atoms with Crippen LogP contribution in [0.25, 0.3) is 88.4 Å². The number of hydrogen-bond acceptors (Lipinski definition) is 5. The van der Waals surface area contributed by atoms with Gasteiger partial charge in [0.1, 0.15) is 11.2 Å². The first-order valence-corrected chi connectivity index (χ1v) is 14.2. The van der Waals surface area contributed by atoms with Gasteiger partial charge in [-0.05, 0) is 51.2 Å². The summed E-state index contributed by atoms with van der Waals surface area (Å²) in [4.78, 5) is 19.7. The summed E-state index contributed by atoms with van der Waals surface area (Å²) in [7, 11) is 0. The fourth-order valence-corrected chi connectivity index (χ4v) is 6.25. The predicted octanol–water partition coefficient (Wildman–Crippen LogP) is 9.63. The standard InChI is InChI=1S/C38H22N4O/c1-2-9-23(10-3-1)36-40-37(30-14-8-16-33-35(30)29-13-6-7-15-32(29)43-33)42-38(41-36)31-21-24-17-18-25-22-39-20-19-26(25)34(24)28-12-5-4-11-27(28)31/h1-22H. The molecule has 0 aliphatic rings. The van der Waals surface area contributed by atoms with Crippen LogP contribution in [0.4, 0.5) is 0 Å². The molecular weight excluding hydrogens is 528 g/mol. The van der Waals surface area contributed by atoms with Gasteiger partial charge in [-0.15, -0.1) is 0 Å². The lowest BCUT2D eigenvalue weighted by Gasteiger charge is -2.14. The van der Waals surface area contributed by atoms with Crippen molar-refractivity contribution in [2.75, 3.05) is 0 Å². The molecule has 3 aromatic heterocycles. The number of aromatic nitrogens is 4. The smallest absolute Gasteiger partial charge is 0.164 e. The third-order valence-electron chi connectivity index (χ3n) is 8.19. The molecule has 43 heavy (non-hydrogen) atoms. The second-order valence-corrected chi connectivity index (χ2v) is 10.7. The van der Waals surface area contributed by atoms with Gasteiger partial charge in [0.15, 0.2) is 17.5 Å². The van der Waals surface area contributed by atoms with Crippen LogP contribution in [-0.2, 0) is 0 Å². The van der Waals surface area contributed by atoms with Gasteiger partial charge < -0.3 is 4.42 Å². The van der Waals surface area contributed by atoms with E-state index in [2.05, 4.69) is 65.6 Å². The Morgan fingerprint density at radius 2 is 1.14 bits per heavy atom. The van der Waals surface area contributed by atoms with Gasteiger partial charge in [-0.25, -0.2) is 15.0 Å². The average molecular weight is 551 g/mol. The van der Waals surface area contributed by atoms with Gasteiger partial charge >= 0.3 is 0 Å². The van der Waals surface area contributed by atoms with Gasteiger partial charge in [0.25, 0.3) is 0 Å². The number of hydrogen-bond donors (Lipinski definition) is 0. The molecule has 0 aliphatic carbocycles. The molecular formula is C38H22N4O. The number of nitrogens with zero attached hydrogens (tertiary/aromatic N) is 4. The zero-order valence-electron chi connectivity index (χ0n) is 22.9. The summed E-state index contributed by atoms with van der Waals surface area (Å²) in [6.45, 7) is 0. The van der Waals surface area contributed by atoms with Crippen molar-refractivity contribution in [2.24, 2.45) is 0 Å². The number of para-hydroxylation sites is 1. The summed E-state index contributed by atoms with van der Waals surface area (Å²) in [5, 5.41) is 8.88. The highest BCUT2D eigenvalue weighted by Crippen LogP contribution is 2.39. The molecule has 0 radical (unpaired) electrons. The first-order valence-electron chi connectivity index (χ1n) is 14.2. The molecule has 0 aliphatic heterocycles. The van der Waals surface area contributed by atoms with Crippen LogP contribution in [-0.4, -0.2) is 19.9 Å². The van der Waals surface area contributed by atoms with E-state index in [1.807, 2.05) is 73.1 Å². The molecule has 0 atom stereocenters. The average Bonchev–Trinajstić information content (AvgIpc) is 3.47. The van der Waals surface area contributed by atoms with Crippen molar-refractivity contribution < 1.29 is 4.42 Å². The Hall–Kier alpha value is -5.94. The van der Waals surface area contributed by atoms with E-state index in [0.717, 1.165) is 60.2 Å². The quantitative estimate of drug-likeness (QED) is 0.205. The lowest BCUT2D eigenvalue weighted by molar-refractivity contribution is 0.669. The number of benzene rings is 6. The molecule has 0 bridgehead atoms.